The fraction of sp³-hybridized carbons (Fsp3) is 0.545. The van der Waals surface area contributed by atoms with Gasteiger partial charge in [0.2, 0.25) is 0 Å². The van der Waals surface area contributed by atoms with Crippen LogP contribution in [-0.4, -0.2) is 29.8 Å². The molecular weight excluding hydrogens is 230 g/mol. The van der Waals surface area contributed by atoms with Crippen LogP contribution in [-0.2, 0) is 0 Å². The number of hydrogen-bond donors (Lipinski definition) is 0. The van der Waals surface area contributed by atoms with Gasteiger partial charge in [-0.1, -0.05) is 11.6 Å². The van der Waals surface area contributed by atoms with Gasteiger partial charge in [-0.2, -0.15) is 0 Å². The van der Waals surface area contributed by atoms with Crippen molar-refractivity contribution in [2.75, 3.05) is 7.05 Å². The van der Waals surface area contributed by atoms with Gasteiger partial charge in [0, 0.05) is 6.04 Å². The van der Waals surface area contributed by atoms with Crippen LogP contribution in [0.5, 0.6) is 0 Å². The highest BCUT2D eigenvalue weighted by Gasteiger charge is 2.32. The molecule has 2 rings (SSSR count). The van der Waals surface area contributed by atoms with E-state index in [0.29, 0.717) is 10.4 Å². The van der Waals surface area contributed by atoms with Crippen molar-refractivity contribution in [2.24, 2.45) is 0 Å². The van der Waals surface area contributed by atoms with Crippen molar-refractivity contribution in [1.29, 1.82) is 0 Å². The summed E-state index contributed by atoms with van der Waals surface area (Å²) in [6.07, 6.45) is 2.44. The summed E-state index contributed by atoms with van der Waals surface area (Å²) in [5, 5.41) is 0. The zero-order chi connectivity index (χ0) is 11.0. The average Bonchev–Trinajstić information content (AvgIpc) is 2.98. The number of carbonyl (C=O) groups excluding carboxylic acids is 1. The molecule has 0 N–H and O–H groups in total. The lowest BCUT2D eigenvalue weighted by Gasteiger charge is -2.22. The van der Waals surface area contributed by atoms with Crippen LogP contribution < -0.4 is 0 Å². The fourth-order valence-corrected chi connectivity index (χ4v) is 2.70. The molecule has 1 aromatic rings. The summed E-state index contributed by atoms with van der Waals surface area (Å²) in [5.41, 5.74) is 0. The van der Waals surface area contributed by atoms with E-state index in [1.54, 1.807) is 6.07 Å². The molecule has 15 heavy (non-hydrogen) atoms. The minimum Gasteiger partial charge on any atom is -0.294 e. The van der Waals surface area contributed by atoms with Crippen LogP contribution >= 0.6 is 22.9 Å². The predicted molar refractivity (Wildman–Crippen MR) is 63.9 cm³/mol. The summed E-state index contributed by atoms with van der Waals surface area (Å²) >= 11 is 7.18. The number of nitrogens with zero attached hydrogens (tertiary/aromatic N) is 1. The van der Waals surface area contributed by atoms with E-state index in [1.807, 2.05) is 20.0 Å². The molecule has 1 saturated carbocycles. The lowest BCUT2D eigenvalue weighted by Crippen LogP contribution is -2.37. The minimum atomic E-state index is -0.0350. The van der Waals surface area contributed by atoms with Crippen LogP contribution in [0.4, 0.5) is 0 Å². The summed E-state index contributed by atoms with van der Waals surface area (Å²) in [5.74, 6) is 0.182. The molecule has 4 heteroatoms. The van der Waals surface area contributed by atoms with Gasteiger partial charge >= 0.3 is 0 Å². The normalized spacial score (nSPS) is 18.1. The molecule has 1 aliphatic rings. The largest absolute Gasteiger partial charge is 0.294 e. The Morgan fingerprint density at radius 2 is 2.27 bits per heavy atom. The Bertz CT molecular complexity index is 372. The number of Topliss-reactive ketones (excluding diaryl/α,β-unsaturated/α-hetero) is 1. The van der Waals surface area contributed by atoms with Gasteiger partial charge in [-0.3, -0.25) is 9.69 Å². The van der Waals surface area contributed by atoms with Crippen molar-refractivity contribution < 1.29 is 4.79 Å². The highest BCUT2D eigenvalue weighted by Crippen LogP contribution is 2.29. The van der Waals surface area contributed by atoms with E-state index >= 15 is 0 Å². The molecule has 2 nitrogen and oxygen atoms in total. The van der Waals surface area contributed by atoms with Gasteiger partial charge < -0.3 is 0 Å². The molecule has 0 radical (unpaired) electrons. The SMILES string of the molecule is CC(C(=O)c1ccc(Cl)s1)N(C)C1CC1. The monoisotopic (exact) mass is 243 g/mol. The molecule has 0 saturated heterocycles. The Morgan fingerprint density at radius 3 is 2.73 bits per heavy atom. The Kier molecular flexibility index (Phi) is 3.14. The van der Waals surface area contributed by atoms with Crippen LogP contribution in [0, 0.1) is 0 Å². The van der Waals surface area contributed by atoms with E-state index < -0.39 is 0 Å². The maximum Gasteiger partial charge on any atom is 0.189 e. The van der Waals surface area contributed by atoms with Crippen LogP contribution in [0.3, 0.4) is 0 Å². The summed E-state index contributed by atoms with van der Waals surface area (Å²) in [6.45, 7) is 1.97. The van der Waals surface area contributed by atoms with E-state index in [0.717, 1.165) is 4.88 Å². The highest BCUT2D eigenvalue weighted by atomic mass is 35.5. The Hall–Kier alpha value is -0.380. The number of rotatable bonds is 4. The first-order valence-corrected chi connectivity index (χ1v) is 6.30. The Labute approximate surface area is 98.8 Å². The maximum absolute atomic E-state index is 12.0. The van der Waals surface area contributed by atoms with Crippen molar-refractivity contribution in [3.05, 3.63) is 21.3 Å². The van der Waals surface area contributed by atoms with Gasteiger partial charge in [-0.25, -0.2) is 0 Å². The molecule has 1 aromatic heterocycles. The zero-order valence-corrected chi connectivity index (χ0v) is 10.4. The Morgan fingerprint density at radius 1 is 1.60 bits per heavy atom. The highest BCUT2D eigenvalue weighted by molar-refractivity contribution is 7.18. The second kappa shape index (κ2) is 4.24. The first-order valence-electron chi connectivity index (χ1n) is 5.11. The van der Waals surface area contributed by atoms with Gasteiger partial charge in [0.15, 0.2) is 5.78 Å². The molecule has 1 unspecified atom stereocenters. The van der Waals surface area contributed by atoms with Crippen molar-refractivity contribution >= 4 is 28.7 Å². The summed E-state index contributed by atoms with van der Waals surface area (Å²) in [4.78, 5) is 15.0. The lowest BCUT2D eigenvalue weighted by atomic mass is 10.1. The zero-order valence-electron chi connectivity index (χ0n) is 8.87. The standard InChI is InChI=1S/C11H14ClNOS/c1-7(13(2)8-3-4-8)11(14)9-5-6-10(12)15-9/h5-8H,3-4H2,1-2H3. The van der Waals surface area contributed by atoms with E-state index in [9.17, 15) is 4.79 Å². The smallest absolute Gasteiger partial charge is 0.189 e. The molecule has 0 spiro atoms. The number of hydrogen-bond acceptors (Lipinski definition) is 3. The van der Waals surface area contributed by atoms with E-state index in [1.165, 1.54) is 24.2 Å². The average molecular weight is 244 g/mol. The van der Waals surface area contributed by atoms with Crippen LogP contribution in [0.2, 0.25) is 4.34 Å². The maximum atomic E-state index is 12.0. The van der Waals surface area contributed by atoms with Crippen LogP contribution in [0.15, 0.2) is 12.1 Å². The van der Waals surface area contributed by atoms with Gasteiger partial charge in [-0.05, 0) is 38.9 Å². The molecule has 0 bridgehead atoms. The van der Waals surface area contributed by atoms with Gasteiger partial charge in [0.25, 0.3) is 0 Å². The van der Waals surface area contributed by atoms with Crippen molar-refractivity contribution in [3.63, 3.8) is 0 Å². The lowest BCUT2D eigenvalue weighted by molar-refractivity contribution is 0.0865. The van der Waals surface area contributed by atoms with Crippen molar-refractivity contribution in [2.45, 2.75) is 31.8 Å². The molecule has 0 aliphatic heterocycles. The summed E-state index contributed by atoms with van der Waals surface area (Å²) in [6, 6.07) is 4.17. The summed E-state index contributed by atoms with van der Waals surface area (Å²) < 4.78 is 0.680. The number of likely N-dealkylation sites (N-methyl/N-ethyl adjacent to an activating group) is 1. The predicted octanol–water partition coefficient (Wildman–Crippen LogP) is 3.07. The first-order chi connectivity index (χ1) is 7.09. The van der Waals surface area contributed by atoms with Crippen molar-refractivity contribution in [1.82, 2.24) is 4.90 Å². The van der Waals surface area contributed by atoms with Gasteiger partial charge in [0.05, 0.1) is 15.3 Å². The second-order valence-electron chi connectivity index (χ2n) is 4.04. The third-order valence-electron chi connectivity index (χ3n) is 2.93. The molecule has 1 atom stereocenters. The van der Waals surface area contributed by atoms with Crippen molar-refractivity contribution in [3.8, 4) is 0 Å². The Balaban J connectivity index is 2.06. The summed E-state index contributed by atoms with van der Waals surface area (Å²) in [7, 11) is 2.02. The molecule has 1 heterocycles. The molecule has 1 fully saturated rings. The van der Waals surface area contributed by atoms with Crippen LogP contribution in [0.25, 0.3) is 0 Å². The van der Waals surface area contributed by atoms with Gasteiger partial charge in [-0.15, -0.1) is 11.3 Å². The number of ketones is 1. The number of halogens is 1. The van der Waals surface area contributed by atoms with E-state index in [2.05, 4.69) is 4.90 Å². The quantitative estimate of drug-likeness (QED) is 0.758. The van der Waals surface area contributed by atoms with Gasteiger partial charge in [0.1, 0.15) is 0 Å². The number of carbonyl (C=O) groups is 1. The first kappa shape index (κ1) is 11.1. The molecule has 82 valence electrons. The minimum absolute atomic E-state index is 0.0350. The van der Waals surface area contributed by atoms with Crippen LogP contribution in [0.1, 0.15) is 29.4 Å². The molecule has 0 amide bonds. The molecule has 0 aromatic carbocycles. The van der Waals surface area contributed by atoms with E-state index in [-0.39, 0.29) is 11.8 Å². The topological polar surface area (TPSA) is 20.3 Å². The third kappa shape index (κ3) is 2.41. The van der Waals surface area contributed by atoms with E-state index in [4.69, 9.17) is 11.6 Å². The number of thiophene rings is 1. The third-order valence-corrected chi connectivity index (χ3v) is 4.17. The fourth-order valence-electron chi connectivity index (χ4n) is 1.64. The molecular formula is C11H14ClNOS. The molecule has 1 aliphatic carbocycles. The second-order valence-corrected chi connectivity index (χ2v) is 5.76.